The van der Waals surface area contributed by atoms with Crippen molar-refractivity contribution in [2.24, 2.45) is 0 Å². The van der Waals surface area contributed by atoms with Crippen LogP contribution in [-0.2, 0) is 4.79 Å². The number of H-pyrrole nitrogens is 1. The lowest BCUT2D eigenvalue weighted by molar-refractivity contribution is -0.113. The average Bonchev–Trinajstić information content (AvgIpc) is 3.25. The van der Waals surface area contributed by atoms with Crippen LogP contribution in [0.1, 0.15) is 0 Å². The third-order valence-electron chi connectivity index (χ3n) is 2.92. The van der Waals surface area contributed by atoms with Gasteiger partial charge in [-0.2, -0.15) is 8.78 Å². The number of carbonyl (C=O) groups excluding carboxylic acids is 1. The van der Waals surface area contributed by atoms with Crippen LogP contribution in [0.2, 0.25) is 0 Å². The normalized spacial score (nSPS) is 11.0. The molecule has 10 heteroatoms. The maximum Gasteiger partial charge on any atom is 0.288 e. The number of halogens is 2. The minimum Gasteiger partial charge on any atom is -0.325 e. The summed E-state index contributed by atoms with van der Waals surface area (Å²) >= 11 is 3.23. The number of aromatic nitrogens is 3. The highest BCUT2D eigenvalue weighted by Gasteiger charge is 2.10. The van der Waals surface area contributed by atoms with Gasteiger partial charge in [-0.05, 0) is 35.7 Å². The van der Waals surface area contributed by atoms with Gasteiger partial charge >= 0.3 is 0 Å². The molecule has 0 fully saturated rings. The predicted octanol–water partition coefficient (Wildman–Crippen LogP) is 4.58. The van der Waals surface area contributed by atoms with E-state index in [9.17, 15) is 13.6 Å². The van der Waals surface area contributed by atoms with Gasteiger partial charge in [-0.15, -0.1) is 16.4 Å². The molecule has 2 N–H and O–H groups in total. The average molecular weight is 398 g/mol. The van der Waals surface area contributed by atoms with Gasteiger partial charge in [0.2, 0.25) is 11.1 Å². The number of nitrogens with zero attached hydrogens (tertiary/aromatic N) is 2. The van der Waals surface area contributed by atoms with Crippen LogP contribution in [0.5, 0.6) is 0 Å². The summed E-state index contributed by atoms with van der Waals surface area (Å²) in [6, 6.07) is 10.1. The van der Waals surface area contributed by atoms with Crippen molar-refractivity contribution in [1.82, 2.24) is 15.2 Å². The second-order valence-corrected chi connectivity index (χ2v) is 7.64. The number of rotatable bonds is 7. The first kappa shape index (κ1) is 17.9. The van der Waals surface area contributed by atoms with E-state index in [0.29, 0.717) is 33.3 Å². The summed E-state index contributed by atoms with van der Waals surface area (Å²) in [5.41, 5.74) is 0.554. The molecule has 3 rings (SSSR count). The predicted molar refractivity (Wildman–Crippen MR) is 97.4 cm³/mol. The number of anilines is 1. The Labute approximate surface area is 154 Å². The van der Waals surface area contributed by atoms with E-state index in [1.165, 1.54) is 11.8 Å². The zero-order chi connectivity index (χ0) is 17.6. The van der Waals surface area contributed by atoms with Gasteiger partial charge in [-0.3, -0.25) is 9.89 Å². The molecule has 3 aromatic rings. The minimum atomic E-state index is -2.46. The molecule has 0 radical (unpaired) electrons. The van der Waals surface area contributed by atoms with E-state index < -0.39 is 5.76 Å². The monoisotopic (exact) mass is 398 g/mol. The van der Waals surface area contributed by atoms with E-state index in [0.717, 1.165) is 4.88 Å². The molecular weight excluding hydrogens is 386 g/mol. The van der Waals surface area contributed by atoms with Gasteiger partial charge in [0.05, 0.1) is 10.6 Å². The fraction of sp³-hybridized carbons (Fsp3) is 0.133. The Hall–Kier alpha value is -1.91. The Morgan fingerprint density at radius 3 is 2.76 bits per heavy atom. The lowest BCUT2D eigenvalue weighted by Gasteiger charge is -2.05. The van der Waals surface area contributed by atoms with Gasteiger partial charge in [-0.25, -0.2) is 4.98 Å². The first-order valence-electron chi connectivity index (χ1n) is 7.04. The summed E-state index contributed by atoms with van der Waals surface area (Å²) < 4.78 is 24.5. The fourth-order valence-corrected chi connectivity index (χ4v) is 3.64. The number of hydrogen-bond donors (Lipinski definition) is 2. The van der Waals surface area contributed by atoms with Gasteiger partial charge < -0.3 is 5.32 Å². The van der Waals surface area contributed by atoms with Crippen LogP contribution < -0.4 is 5.32 Å². The highest BCUT2D eigenvalue weighted by Crippen LogP contribution is 2.26. The first-order chi connectivity index (χ1) is 12.1. The lowest BCUT2D eigenvalue weighted by atomic mass is 10.3. The smallest absolute Gasteiger partial charge is 0.288 e. The lowest BCUT2D eigenvalue weighted by Crippen LogP contribution is -2.14. The molecule has 0 saturated carbocycles. The number of benzene rings is 1. The van der Waals surface area contributed by atoms with Crippen molar-refractivity contribution >= 4 is 46.5 Å². The highest BCUT2D eigenvalue weighted by atomic mass is 32.2. The topological polar surface area (TPSA) is 70.7 Å². The maximum atomic E-state index is 12.3. The Morgan fingerprint density at radius 1 is 1.28 bits per heavy atom. The number of hydrogen-bond acceptors (Lipinski definition) is 6. The number of thiophene rings is 1. The van der Waals surface area contributed by atoms with E-state index in [2.05, 4.69) is 20.5 Å². The highest BCUT2D eigenvalue weighted by molar-refractivity contribution is 8.00. The van der Waals surface area contributed by atoms with Crippen LogP contribution in [0.25, 0.3) is 10.7 Å². The third kappa shape index (κ3) is 5.28. The molecular formula is C15H12F2N4OS3. The molecule has 2 heterocycles. The molecule has 130 valence electrons. The van der Waals surface area contributed by atoms with Crippen LogP contribution >= 0.6 is 34.9 Å². The fourth-order valence-electron chi connectivity index (χ4n) is 1.88. The molecule has 0 atom stereocenters. The Bertz CT molecular complexity index is 822. The van der Waals surface area contributed by atoms with Crippen LogP contribution in [0.4, 0.5) is 14.5 Å². The summed E-state index contributed by atoms with van der Waals surface area (Å²) in [4.78, 5) is 17.7. The van der Waals surface area contributed by atoms with Crippen LogP contribution in [0.15, 0.2) is 51.8 Å². The number of thioether (sulfide) groups is 2. The molecule has 0 spiro atoms. The Kier molecular flexibility index (Phi) is 6.05. The Morgan fingerprint density at radius 2 is 2.08 bits per heavy atom. The number of alkyl halides is 2. The van der Waals surface area contributed by atoms with Gasteiger partial charge in [-0.1, -0.05) is 29.6 Å². The number of carbonyl (C=O) groups is 1. The van der Waals surface area contributed by atoms with Crippen LogP contribution in [0.3, 0.4) is 0 Å². The van der Waals surface area contributed by atoms with Gasteiger partial charge in [0.15, 0.2) is 5.82 Å². The van der Waals surface area contributed by atoms with E-state index >= 15 is 0 Å². The molecule has 1 amide bonds. The van der Waals surface area contributed by atoms with E-state index in [-0.39, 0.29) is 11.7 Å². The van der Waals surface area contributed by atoms with Crippen molar-refractivity contribution in [3.8, 4) is 10.7 Å². The molecule has 1 aromatic carbocycles. The molecule has 0 aliphatic rings. The van der Waals surface area contributed by atoms with Crippen molar-refractivity contribution in [2.75, 3.05) is 11.1 Å². The summed E-state index contributed by atoms with van der Waals surface area (Å²) in [7, 11) is 0. The molecule has 0 aliphatic carbocycles. The molecule has 0 aliphatic heterocycles. The molecule has 2 aromatic heterocycles. The largest absolute Gasteiger partial charge is 0.325 e. The summed E-state index contributed by atoms with van der Waals surface area (Å²) in [6.45, 7) is 0. The zero-order valence-corrected chi connectivity index (χ0v) is 15.1. The van der Waals surface area contributed by atoms with Crippen molar-refractivity contribution in [3.63, 3.8) is 0 Å². The summed E-state index contributed by atoms with van der Waals surface area (Å²) in [6.07, 6.45) is 0. The standard InChI is InChI=1S/C15H12F2N4OS3/c16-14(17)25-10-5-3-9(4-6-10)18-12(22)8-24-15-19-13(20-21-15)11-2-1-7-23-11/h1-7,14H,8H2,(H,18,22)(H,19,20,21). The molecule has 25 heavy (non-hydrogen) atoms. The van der Waals surface area contributed by atoms with Crippen molar-refractivity contribution < 1.29 is 13.6 Å². The summed E-state index contributed by atoms with van der Waals surface area (Å²) in [5, 5.41) is 12.0. The van der Waals surface area contributed by atoms with E-state index in [1.54, 1.807) is 35.6 Å². The third-order valence-corrected chi connectivity index (χ3v) is 5.36. The number of amides is 1. The van der Waals surface area contributed by atoms with E-state index in [4.69, 9.17) is 0 Å². The van der Waals surface area contributed by atoms with Crippen molar-refractivity contribution in [3.05, 3.63) is 41.8 Å². The van der Waals surface area contributed by atoms with Gasteiger partial charge in [0, 0.05) is 10.6 Å². The van der Waals surface area contributed by atoms with Gasteiger partial charge in [0.25, 0.3) is 5.76 Å². The van der Waals surface area contributed by atoms with Crippen LogP contribution in [0, 0.1) is 0 Å². The second kappa shape index (κ2) is 8.45. The number of aromatic amines is 1. The molecule has 0 unspecified atom stereocenters. The van der Waals surface area contributed by atoms with Gasteiger partial charge in [0.1, 0.15) is 0 Å². The van der Waals surface area contributed by atoms with Crippen molar-refractivity contribution in [1.29, 1.82) is 0 Å². The molecule has 0 saturated heterocycles. The minimum absolute atomic E-state index is 0.148. The van der Waals surface area contributed by atoms with Crippen molar-refractivity contribution in [2.45, 2.75) is 15.8 Å². The zero-order valence-electron chi connectivity index (χ0n) is 12.6. The first-order valence-corrected chi connectivity index (χ1v) is 9.78. The molecule has 0 bridgehead atoms. The molecule has 5 nitrogen and oxygen atoms in total. The Balaban J connectivity index is 1.49. The SMILES string of the molecule is O=C(CSc1n[nH]c(-c2cccs2)n1)Nc1ccc(SC(F)F)cc1. The summed E-state index contributed by atoms with van der Waals surface area (Å²) in [5.74, 6) is -1.86. The van der Waals surface area contributed by atoms with Crippen LogP contribution in [-0.4, -0.2) is 32.6 Å². The maximum absolute atomic E-state index is 12.3. The van der Waals surface area contributed by atoms with E-state index in [1.807, 2.05) is 17.5 Å². The quantitative estimate of drug-likeness (QED) is 0.570. The second-order valence-electron chi connectivity index (χ2n) is 4.68. The number of nitrogens with one attached hydrogen (secondary N) is 2.